The summed E-state index contributed by atoms with van der Waals surface area (Å²) in [5.41, 5.74) is 0.455. The molecule has 1 aliphatic carbocycles. The highest BCUT2D eigenvalue weighted by atomic mass is 16.4. The Morgan fingerprint density at radius 1 is 1.73 bits per heavy atom. The second kappa shape index (κ2) is 3.42. The molecule has 3 heteroatoms. The van der Waals surface area contributed by atoms with Crippen LogP contribution in [-0.2, 0) is 4.79 Å². The van der Waals surface area contributed by atoms with Crippen LogP contribution < -0.4 is 5.32 Å². The third kappa shape index (κ3) is 2.62. The molecule has 3 nitrogen and oxygen atoms in total. The van der Waals surface area contributed by atoms with Crippen LogP contribution in [0.25, 0.3) is 0 Å². The molecule has 0 aromatic carbocycles. The number of nitrogens with one attached hydrogen (secondary N) is 1. The molecule has 0 radical (unpaired) electrons. The molecule has 0 saturated heterocycles. The minimum atomic E-state index is -0.819. The maximum Gasteiger partial charge on any atom is 0.333 e. The van der Waals surface area contributed by atoms with Gasteiger partial charge in [0.2, 0.25) is 0 Å². The van der Waals surface area contributed by atoms with Gasteiger partial charge in [-0.25, -0.2) is 4.79 Å². The summed E-state index contributed by atoms with van der Waals surface area (Å²) < 4.78 is 0. The van der Waals surface area contributed by atoms with E-state index < -0.39 is 5.97 Å². The lowest BCUT2D eigenvalue weighted by Gasteiger charge is -1.98. The molecule has 11 heavy (non-hydrogen) atoms. The van der Waals surface area contributed by atoms with E-state index >= 15 is 0 Å². The van der Waals surface area contributed by atoms with Crippen molar-refractivity contribution in [2.45, 2.75) is 32.2 Å². The number of aliphatic carboxylic acids is 1. The zero-order valence-corrected chi connectivity index (χ0v) is 6.63. The van der Waals surface area contributed by atoms with Crippen molar-refractivity contribution in [1.82, 2.24) is 5.32 Å². The standard InChI is InChI=1S/C8H13NO2/c1-2-6(8(10)11)5-9-7-3-4-7/h5,7,9H,2-4H2,1H3,(H,10,11)/b6-5-. The first kappa shape index (κ1) is 8.11. The van der Waals surface area contributed by atoms with Gasteiger partial charge >= 0.3 is 5.97 Å². The molecule has 1 fully saturated rings. The highest BCUT2D eigenvalue weighted by Crippen LogP contribution is 2.18. The van der Waals surface area contributed by atoms with Gasteiger partial charge in [-0.3, -0.25) is 0 Å². The van der Waals surface area contributed by atoms with Crippen molar-refractivity contribution in [3.8, 4) is 0 Å². The lowest BCUT2D eigenvalue weighted by atomic mass is 10.2. The van der Waals surface area contributed by atoms with Gasteiger partial charge in [0, 0.05) is 12.2 Å². The zero-order chi connectivity index (χ0) is 8.27. The van der Waals surface area contributed by atoms with E-state index in [1.54, 1.807) is 6.20 Å². The highest BCUT2D eigenvalue weighted by Gasteiger charge is 2.19. The molecule has 1 aliphatic rings. The highest BCUT2D eigenvalue weighted by molar-refractivity contribution is 5.86. The number of carbonyl (C=O) groups is 1. The van der Waals surface area contributed by atoms with Crippen LogP contribution >= 0.6 is 0 Å². The molecule has 0 bridgehead atoms. The molecule has 0 amide bonds. The number of carboxylic acids is 1. The summed E-state index contributed by atoms with van der Waals surface area (Å²) in [5, 5.41) is 11.6. The Labute approximate surface area is 66.1 Å². The van der Waals surface area contributed by atoms with Gasteiger partial charge in [0.15, 0.2) is 0 Å². The van der Waals surface area contributed by atoms with E-state index in [0.717, 1.165) is 0 Å². The summed E-state index contributed by atoms with van der Waals surface area (Å²) in [4.78, 5) is 10.5. The maximum atomic E-state index is 10.5. The van der Waals surface area contributed by atoms with Gasteiger partial charge in [-0.1, -0.05) is 6.92 Å². The zero-order valence-electron chi connectivity index (χ0n) is 6.63. The molecule has 0 aromatic heterocycles. The molecule has 0 spiro atoms. The average molecular weight is 155 g/mol. The molecule has 1 rings (SSSR count). The molecule has 0 heterocycles. The normalized spacial score (nSPS) is 18.1. The topological polar surface area (TPSA) is 49.3 Å². The Morgan fingerprint density at radius 3 is 2.73 bits per heavy atom. The smallest absolute Gasteiger partial charge is 0.333 e. The van der Waals surface area contributed by atoms with E-state index in [-0.39, 0.29) is 0 Å². The van der Waals surface area contributed by atoms with Crippen molar-refractivity contribution in [2.24, 2.45) is 0 Å². The van der Waals surface area contributed by atoms with E-state index in [2.05, 4.69) is 5.32 Å². The Balaban J connectivity index is 2.37. The Bertz CT molecular complexity index is 183. The van der Waals surface area contributed by atoms with Crippen LogP contribution in [0.5, 0.6) is 0 Å². The molecule has 62 valence electrons. The monoisotopic (exact) mass is 155 g/mol. The fraction of sp³-hybridized carbons (Fsp3) is 0.625. The molecular weight excluding hydrogens is 142 g/mol. The minimum absolute atomic E-state index is 0.455. The van der Waals surface area contributed by atoms with Gasteiger partial charge in [-0.05, 0) is 19.3 Å². The van der Waals surface area contributed by atoms with Crippen LogP contribution in [0.2, 0.25) is 0 Å². The van der Waals surface area contributed by atoms with Crippen molar-refractivity contribution >= 4 is 5.97 Å². The first-order chi connectivity index (χ1) is 5.24. The summed E-state index contributed by atoms with van der Waals surface area (Å²) in [6.07, 6.45) is 4.55. The first-order valence-corrected chi connectivity index (χ1v) is 3.92. The fourth-order valence-corrected chi connectivity index (χ4v) is 0.783. The van der Waals surface area contributed by atoms with Crippen LogP contribution in [0.1, 0.15) is 26.2 Å². The van der Waals surface area contributed by atoms with Crippen molar-refractivity contribution in [3.63, 3.8) is 0 Å². The van der Waals surface area contributed by atoms with Gasteiger partial charge in [0.25, 0.3) is 0 Å². The molecule has 1 saturated carbocycles. The number of carboxylic acid groups (broad SMARTS) is 1. The van der Waals surface area contributed by atoms with E-state index in [9.17, 15) is 4.79 Å². The van der Waals surface area contributed by atoms with Crippen molar-refractivity contribution < 1.29 is 9.90 Å². The predicted octanol–water partition coefficient (Wildman–Crippen LogP) is 1.12. The number of hydrogen-bond donors (Lipinski definition) is 2. The van der Waals surface area contributed by atoms with Crippen LogP contribution in [0.3, 0.4) is 0 Å². The molecular formula is C8H13NO2. The Morgan fingerprint density at radius 2 is 2.36 bits per heavy atom. The largest absolute Gasteiger partial charge is 0.478 e. The third-order valence-electron chi connectivity index (χ3n) is 1.73. The van der Waals surface area contributed by atoms with Crippen LogP contribution in [0, 0.1) is 0 Å². The summed E-state index contributed by atoms with van der Waals surface area (Å²) in [6, 6.07) is 0.538. The van der Waals surface area contributed by atoms with E-state index in [0.29, 0.717) is 18.0 Å². The summed E-state index contributed by atoms with van der Waals surface area (Å²) in [6.45, 7) is 1.84. The minimum Gasteiger partial charge on any atom is -0.478 e. The van der Waals surface area contributed by atoms with Crippen molar-refractivity contribution in [3.05, 3.63) is 11.8 Å². The van der Waals surface area contributed by atoms with E-state index in [1.807, 2.05) is 6.92 Å². The number of rotatable bonds is 4. The van der Waals surface area contributed by atoms with Gasteiger partial charge in [-0.2, -0.15) is 0 Å². The first-order valence-electron chi connectivity index (χ1n) is 3.92. The van der Waals surface area contributed by atoms with E-state index in [1.165, 1.54) is 12.8 Å². The second-order valence-corrected chi connectivity index (χ2v) is 2.77. The van der Waals surface area contributed by atoms with Crippen LogP contribution in [-0.4, -0.2) is 17.1 Å². The number of hydrogen-bond acceptors (Lipinski definition) is 2. The third-order valence-corrected chi connectivity index (χ3v) is 1.73. The lowest BCUT2D eigenvalue weighted by Crippen LogP contribution is -2.11. The predicted molar refractivity (Wildman–Crippen MR) is 42.2 cm³/mol. The van der Waals surface area contributed by atoms with Crippen LogP contribution in [0.4, 0.5) is 0 Å². The molecule has 0 unspecified atom stereocenters. The average Bonchev–Trinajstić information content (AvgIpc) is 2.72. The summed E-state index contributed by atoms with van der Waals surface area (Å²) in [5.74, 6) is -0.819. The van der Waals surface area contributed by atoms with Crippen LogP contribution in [0.15, 0.2) is 11.8 Å². The lowest BCUT2D eigenvalue weighted by molar-refractivity contribution is -0.132. The van der Waals surface area contributed by atoms with Crippen molar-refractivity contribution in [1.29, 1.82) is 0 Å². The molecule has 0 aliphatic heterocycles. The quantitative estimate of drug-likeness (QED) is 0.598. The van der Waals surface area contributed by atoms with Crippen molar-refractivity contribution in [2.75, 3.05) is 0 Å². The van der Waals surface area contributed by atoms with Gasteiger partial charge in [-0.15, -0.1) is 0 Å². The molecule has 2 N–H and O–H groups in total. The Hall–Kier alpha value is -0.990. The van der Waals surface area contributed by atoms with Gasteiger partial charge in [0.05, 0.1) is 5.57 Å². The Kier molecular flexibility index (Phi) is 2.52. The maximum absolute atomic E-state index is 10.5. The van der Waals surface area contributed by atoms with E-state index in [4.69, 9.17) is 5.11 Å². The summed E-state index contributed by atoms with van der Waals surface area (Å²) >= 11 is 0. The SMILES string of the molecule is CC/C(=C/NC1CC1)C(=O)O. The van der Waals surface area contributed by atoms with Gasteiger partial charge < -0.3 is 10.4 Å². The van der Waals surface area contributed by atoms with Gasteiger partial charge in [0.1, 0.15) is 0 Å². The second-order valence-electron chi connectivity index (χ2n) is 2.77. The summed E-state index contributed by atoms with van der Waals surface area (Å²) in [7, 11) is 0. The molecule has 0 atom stereocenters. The molecule has 0 aromatic rings. The fourth-order valence-electron chi connectivity index (χ4n) is 0.783.